The van der Waals surface area contributed by atoms with Gasteiger partial charge in [-0.25, -0.2) is 13.2 Å². The van der Waals surface area contributed by atoms with E-state index in [2.05, 4.69) is 5.32 Å². The summed E-state index contributed by atoms with van der Waals surface area (Å²) in [5.74, 6) is -2.22. The number of halogens is 3. The second kappa shape index (κ2) is 10.3. The molecule has 0 aliphatic heterocycles. The van der Waals surface area contributed by atoms with Gasteiger partial charge in [0.25, 0.3) is 5.91 Å². The van der Waals surface area contributed by atoms with Crippen molar-refractivity contribution < 1.29 is 27.2 Å². The minimum Gasteiger partial charge on any atom is -0.469 e. The summed E-state index contributed by atoms with van der Waals surface area (Å²) >= 11 is 0. The standard InChI is InChI=1S/C27H21F3N2O3/c1-17-24(14-15-35-17)27(34)32(23-12-10-22(30)11-13-23)25(19-4-8-21(29)9-5-19)26(33)31-16-18-2-6-20(28)7-3-18/h2-15,25H,16H2,1H3,(H,31,33)/t25-/m0/s1. The number of aryl methyl sites for hydroxylation is 1. The Morgan fingerprint density at radius 3 is 1.91 bits per heavy atom. The maximum atomic E-state index is 13.7. The quantitative estimate of drug-likeness (QED) is 0.370. The molecule has 35 heavy (non-hydrogen) atoms. The van der Waals surface area contributed by atoms with Crippen LogP contribution in [0.15, 0.2) is 89.5 Å². The summed E-state index contributed by atoms with van der Waals surface area (Å²) in [6.45, 7) is 1.67. The van der Waals surface area contributed by atoms with Gasteiger partial charge < -0.3 is 9.73 Å². The number of hydrogen-bond donors (Lipinski definition) is 1. The molecule has 0 radical (unpaired) electrons. The van der Waals surface area contributed by atoms with Gasteiger partial charge in [-0.1, -0.05) is 24.3 Å². The highest BCUT2D eigenvalue weighted by Gasteiger charge is 2.34. The monoisotopic (exact) mass is 478 g/mol. The number of nitrogens with one attached hydrogen (secondary N) is 1. The average Bonchev–Trinajstić information content (AvgIpc) is 3.29. The lowest BCUT2D eigenvalue weighted by Gasteiger charge is -2.31. The van der Waals surface area contributed by atoms with Crippen LogP contribution in [0.3, 0.4) is 0 Å². The highest BCUT2D eigenvalue weighted by atomic mass is 19.1. The van der Waals surface area contributed by atoms with Crippen LogP contribution in [-0.2, 0) is 11.3 Å². The molecule has 1 atom stereocenters. The summed E-state index contributed by atoms with van der Waals surface area (Å²) in [6.07, 6.45) is 1.35. The Bertz CT molecular complexity index is 1320. The second-order valence-electron chi connectivity index (χ2n) is 7.84. The normalized spacial score (nSPS) is 11.7. The number of carbonyl (C=O) groups is 2. The lowest BCUT2D eigenvalue weighted by molar-refractivity contribution is -0.122. The van der Waals surface area contributed by atoms with Crippen LogP contribution < -0.4 is 10.2 Å². The van der Waals surface area contributed by atoms with Crippen molar-refractivity contribution >= 4 is 17.5 Å². The number of hydrogen-bond acceptors (Lipinski definition) is 3. The Morgan fingerprint density at radius 1 is 0.829 bits per heavy atom. The van der Waals surface area contributed by atoms with Crippen LogP contribution >= 0.6 is 0 Å². The Labute approximate surface area is 199 Å². The van der Waals surface area contributed by atoms with Crippen molar-refractivity contribution in [2.45, 2.75) is 19.5 Å². The second-order valence-corrected chi connectivity index (χ2v) is 7.84. The van der Waals surface area contributed by atoms with Crippen molar-refractivity contribution in [1.29, 1.82) is 0 Å². The summed E-state index contributed by atoms with van der Waals surface area (Å²) in [4.78, 5) is 28.4. The lowest BCUT2D eigenvalue weighted by atomic mass is 10.0. The zero-order chi connectivity index (χ0) is 24.9. The van der Waals surface area contributed by atoms with Gasteiger partial charge in [0, 0.05) is 12.2 Å². The van der Waals surface area contributed by atoms with E-state index in [0.717, 1.165) is 0 Å². The Kier molecular flexibility index (Phi) is 7.01. The molecule has 4 aromatic rings. The fourth-order valence-corrected chi connectivity index (χ4v) is 3.67. The van der Waals surface area contributed by atoms with E-state index in [1.54, 1.807) is 6.92 Å². The van der Waals surface area contributed by atoms with Crippen LogP contribution in [0, 0.1) is 24.4 Å². The Hall–Kier alpha value is -4.33. The van der Waals surface area contributed by atoms with Crippen LogP contribution in [0.5, 0.6) is 0 Å². The van der Waals surface area contributed by atoms with E-state index in [1.165, 1.54) is 90.0 Å². The van der Waals surface area contributed by atoms with Gasteiger partial charge in [0.2, 0.25) is 5.91 Å². The highest BCUT2D eigenvalue weighted by Crippen LogP contribution is 2.31. The largest absolute Gasteiger partial charge is 0.469 e. The van der Waals surface area contributed by atoms with E-state index in [9.17, 15) is 22.8 Å². The Balaban J connectivity index is 1.77. The lowest BCUT2D eigenvalue weighted by Crippen LogP contribution is -2.44. The van der Waals surface area contributed by atoms with E-state index in [4.69, 9.17) is 4.42 Å². The molecule has 0 saturated heterocycles. The van der Waals surface area contributed by atoms with Crippen LogP contribution in [0.2, 0.25) is 0 Å². The third-order valence-corrected chi connectivity index (χ3v) is 5.49. The fraction of sp³-hybridized carbons (Fsp3) is 0.111. The third-order valence-electron chi connectivity index (χ3n) is 5.49. The average molecular weight is 478 g/mol. The Morgan fingerprint density at radius 2 is 1.37 bits per heavy atom. The first kappa shape index (κ1) is 23.8. The zero-order valence-corrected chi connectivity index (χ0v) is 18.7. The first-order valence-corrected chi connectivity index (χ1v) is 10.7. The van der Waals surface area contributed by atoms with Crippen LogP contribution in [0.1, 0.15) is 33.3 Å². The number of anilines is 1. The van der Waals surface area contributed by atoms with Crippen molar-refractivity contribution in [1.82, 2.24) is 5.32 Å². The molecule has 0 bridgehead atoms. The molecule has 2 amide bonds. The number of carbonyl (C=O) groups excluding carboxylic acids is 2. The van der Waals surface area contributed by atoms with Gasteiger partial charge in [-0.05, 0) is 72.6 Å². The van der Waals surface area contributed by atoms with E-state index >= 15 is 0 Å². The van der Waals surface area contributed by atoms with Gasteiger partial charge in [-0.15, -0.1) is 0 Å². The fourth-order valence-electron chi connectivity index (χ4n) is 3.67. The summed E-state index contributed by atoms with van der Waals surface area (Å²) < 4.78 is 45.9. The van der Waals surface area contributed by atoms with Crippen molar-refractivity contribution in [3.8, 4) is 0 Å². The van der Waals surface area contributed by atoms with Crippen LogP contribution in [0.4, 0.5) is 18.9 Å². The van der Waals surface area contributed by atoms with Crippen LogP contribution in [0.25, 0.3) is 0 Å². The predicted molar refractivity (Wildman–Crippen MR) is 124 cm³/mol. The topological polar surface area (TPSA) is 62.6 Å². The van der Waals surface area contributed by atoms with Crippen LogP contribution in [-0.4, -0.2) is 11.8 Å². The maximum Gasteiger partial charge on any atom is 0.262 e. The molecule has 0 aliphatic rings. The molecule has 5 nitrogen and oxygen atoms in total. The molecular weight excluding hydrogens is 457 g/mol. The van der Waals surface area contributed by atoms with E-state index in [0.29, 0.717) is 16.9 Å². The predicted octanol–water partition coefficient (Wildman–Crippen LogP) is 5.71. The van der Waals surface area contributed by atoms with Gasteiger partial charge in [-0.3, -0.25) is 14.5 Å². The molecule has 1 heterocycles. The number of rotatable bonds is 7. The van der Waals surface area contributed by atoms with Crippen molar-refractivity contribution in [2.75, 3.05) is 4.90 Å². The molecule has 4 rings (SSSR count). The molecule has 8 heteroatoms. The SMILES string of the molecule is Cc1occc1C(=O)N(c1ccc(F)cc1)[C@H](C(=O)NCc1ccc(F)cc1)c1ccc(F)cc1. The first-order chi connectivity index (χ1) is 16.8. The van der Waals surface area contributed by atoms with E-state index in [1.807, 2.05) is 0 Å². The van der Waals surface area contributed by atoms with Gasteiger partial charge in [0.15, 0.2) is 0 Å². The minimum absolute atomic E-state index is 0.0625. The molecule has 1 N–H and O–H groups in total. The highest BCUT2D eigenvalue weighted by molar-refractivity contribution is 6.10. The van der Waals surface area contributed by atoms with Gasteiger partial charge in [-0.2, -0.15) is 0 Å². The van der Waals surface area contributed by atoms with E-state index in [-0.39, 0.29) is 17.8 Å². The summed E-state index contributed by atoms with van der Waals surface area (Å²) in [5, 5.41) is 2.76. The minimum atomic E-state index is -1.23. The number of nitrogens with zero attached hydrogens (tertiary/aromatic N) is 1. The van der Waals surface area contributed by atoms with Crippen molar-refractivity contribution in [2.24, 2.45) is 0 Å². The molecule has 0 saturated carbocycles. The summed E-state index contributed by atoms with van der Waals surface area (Å²) in [6, 6.07) is 16.1. The summed E-state index contributed by atoms with van der Waals surface area (Å²) in [5.41, 5.74) is 1.45. The molecule has 0 fully saturated rings. The molecule has 3 aromatic carbocycles. The molecule has 1 aromatic heterocycles. The smallest absolute Gasteiger partial charge is 0.262 e. The maximum absolute atomic E-state index is 13.7. The number of furan rings is 1. The molecule has 0 spiro atoms. The third kappa shape index (κ3) is 5.43. The number of benzene rings is 3. The van der Waals surface area contributed by atoms with E-state index < -0.39 is 35.3 Å². The number of amides is 2. The first-order valence-electron chi connectivity index (χ1n) is 10.7. The zero-order valence-electron chi connectivity index (χ0n) is 18.7. The molecule has 0 aliphatic carbocycles. The van der Waals surface area contributed by atoms with Gasteiger partial charge >= 0.3 is 0 Å². The molecular formula is C27H21F3N2O3. The summed E-state index contributed by atoms with van der Waals surface area (Å²) in [7, 11) is 0. The van der Waals surface area contributed by atoms with Crippen molar-refractivity contribution in [3.63, 3.8) is 0 Å². The molecule has 0 unspecified atom stereocenters. The van der Waals surface area contributed by atoms with Gasteiger partial charge in [0.1, 0.15) is 29.3 Å². The molecule has 178 valence electrons. The van der Waals surface area contributed by atoms with Gasteiger partial charge in [0.05, 0.1) is 11.8 Å². The van der Waals surface area contributed by atoms with Crippen molar-refractivity contribution in [3.05, 3.63) is 125 Å².